The second kappa shape index (κ2) is 4.48. The zero-order valence-corrected chi connectivity index (χ0v) is 12.2. The summed E-state index contributed by atoms with van der Waals surface area (Å²) >= 11 is 4.72. The Hall–Kier alpha value is -1.20. The van der Waals surface area contributed by atoms with Crippen LogP contribution in [0.2, 0.25) is 0 Å². The van der Waals surface area contributed by atoms with E-state index in [1.165, 1.54) is 17.1 Å². The fourth-order valence-corrected chi connectivity index (χ4v) is 3.22. The normalized spacial score (nSPS) is 13.8. The Bertz CT molecular complexity index is 623. The number of hydrogen-bond acceptors (Lipinski definition) is 3. The highest BCUT2D eigenvalue weighted by molar-refractivity contribution is 9.10. The highest BCUT2D eigenvalue weighted by Gasteiger charge is 2.26. The van der Waals surface area contributed by atoms with Crippen LogP contribution in [0.25, 0.3) is 0 Å². The first-order chi connectivity index (χ1) is 8.65. The molecule has 0 bridgehead atoms. The summed E-state index contributed by atoms with van der Waals surface area (Å²) in [6, 6.07) is 7.95. The Morgan fingerprint density at radius 2 is 2.28 bits per heavy atom. The quantitative estimate of drug-likeness (QED) is 0.806. The molecule has 5 heteroatoms. The van der Waals surface area contributed by atoms with E-state index in [1.54, 1.807) is 0 Å². The number of fused-ring (bicyclic) bond motifs is 1. The molecular weight excluding hydrogens is 312 g/mol. The molecule has 0 N–H and O–H groups in total. The van der Waals surface area contributed by atoms with E-state index in [1.807, 2.05) is 30.0 Å². The van der Waals surface area contributed by atoms with Crippen molar-refractivity contribution in [3.8, 4) is 0 Å². The second-order valence-corrected chi connectivity index (χ2v) is 6.03. The maximum atomic E-state index is 12.4. The molecule has 0 radical (unpaired) electrons. The number of anilines is 1. The van der Waals surface area contributed by atoms with Gasteiger partial charge >= 0.3 is 0 Å². The number of carbonyl (C=O) groups excluding carboxylic acids is 1. The molecule has 1 amide bonds. The van der Waals surface area contributed by atoms with Gasteiger partial charge in [0.15, 0.2) is 0 Å². The first kappa shape index (κ1) is 11.9. The van der Waals surface area contributed by atoms with Crippen molar-refractivity contribution in [2.75, 3.05) is 11.4 Å². The van der Waals surface area contributed by atoms with Crippen molar-refractivity contribution in [3.63, 3.8) is 0 Å². The van der Waals surface area contributed by atoms with Crippen LogP contribution in [0.3, 0.4) is 0 Å². The molecule has 18 heavy (non-hydrogen) atoms. The van der Waals surface area contributed by atoms with Gasteiger partial charge in [-0.3, -0.25) is 4.79 Å². The lowest BCUT2D eigenvalue weighted by Gasteiger charge is -2.16. The van der Waals surface area contributed by atoms with E-state index in [0.29, 0.717) is 4.88 Å². The van der Waals surface area contributed by atoms with Gasteiger partial charge in [-0.1, -0.05) is 22.0 Å². The number of nitrogens with zero attached hydrogens (tertiary/aromatic N) is 2. The van der Waals surface area contributed by atoms with E-state index >= 15 is 0 Å². The van der Waals surface area contributed by atoms with E-state index in [9.17, 15) is 4.79 Å². The Morgan fingerprint density at radius 3 is 3.00 bits per heavy atom. The van der Waals surface area contributed by atoms with Gasteiger partial charge in [0, 0.05) is 16.7 Å². The Labute approximate surface area is 118 Å². The average molecular weight is 323 g/mol. The maximum absolute atomic E-state index is 12.4. The maximum Gasteiger partial charge on any atom is 0.269 e. The van der Waals surface area contributed by atoms with Crippen LogP contribution in [0.4, 0.5) is 5.69 Å². The van der Waals surface area contributed by atoms with Crippen molar-refractivity contribution in [3.05, 3.63) is 44.9 Å². The largest absolute Gasteiger partial charge is 0.307 e. The topological polar surface area (TPSA) is 33.2 Å². The standard InChI is InChI=1S/C13H11BrN2OS/c1-8-6-12(18-15-8)13(17)16-5-4-9-2-3-10(14)7-11(9)16/h2-3,6-7H,4-5H2,1H3. The molecule has 3 nitrogen and oxygen atoms in total. The van der Waals surface area contributed by atoms with Gasteiger partial charge in [-0.2, -0.15) is 4.37 Å². The summed E-state index contributed by atoms with van der Waals surface area (Å²) in [6.07, 6.45) is 0.923. The number of carbonyl (C=O) groups is 1. The third-order valence-corrected chi connectivity index (χ3v) is 4.39. The molecule has 3 rings (SSSR count). The number of hydrogen-bond donors (Lipinski definition) is 0. The molecule has 0 aliphatic carbocycles. The van der Waals surface area contributed by atoms with Crippen molar-refractivity contribution >= 4 is 39.1 Å². The zero-order chi connectivity index (χ0) is 12.7. The summed E-state index contributed by atoms with van der Waals surface area (Å²) in [5, 5.41) is 0. The fourth-order valence-electron chi connectivity index (χ4n) is 2.16. The zero-order valence-electron chi connectivity index (χ0n) is 9.81. The third-order valence-electron chi connectivity index (χ3n) is 3.03. The number of aromatic nitrogens is 1. The van der Waals surface area contributed by atoms with Crippen LogP contribution in [-0.4, -0.2) is 16.8 Å². The predicted molar refractivity (Wildman–Crippen MR) is 76.4 cm³/mol. The van der Waals surface area contributed by atoms with Gasteiger partial charge in [0.25, 0.3) is 5.91 Å². The lowest BCUT2D eigenvalue weighted by Crippen LogP contribution is -2.28. The summed E-state index contributed by atoms with van der Waals surface area (Å²) in [5.74, 6) is 0.0532. The average Bonchev–Trinajstić information content (AvgIpc) is 2.94. The molecular formula is C13H11BrN2OS. The molecule has 0 fully saturated rings. The molecule has 92 valence electrons. The van der Waals surface area contributed by atoms with Gasteiger partial charge in [-0.05, 0) is 48.6 Å². The van der Waals surface area contributed by atoms with Crippen LogP contribution in [0.5, 0.6) is 0 Å². The number of amides is 1. The number of benzene rings is 1. The van der Waals surface area contributed by atoms with Crippen LogP contribution in [0.15, 0.2) is 28.7 Å². The lowest BCUT2D eigenvalue weighted by atomic mass is 10.2. The molecule has 2 heterocycles. The molecule has 2 aromatic rings. The summed E-state index contributed by atoms with van der Waals surface area (Å²) in [5.41, 5.74) is 3.14. The molecule has 1 aromatic carbocycles. The molecule has 0 spiro atoms. The van der Waals surface area contributed by atoms with E-state index in [-0.39, 0.29) is 5.91 Å². The highest BCUT2D eigenvalue weighted by atomic mass is 79.9. The monoisotopic (exact) mass is 322 g/mol. The van der Waals surface area contributed by atoms with Crippen LogP contribution in [0, 0.1) is 6.92 Å². The van der Waals surface area contributed by atoms with Crippen molar-refractivity contribution in [1.29, 1.82) is 0 Å². The van der Waals surface area contributed by atoms with Crippen LogP contribution < -0.4 is 4.90 Å². The van der Waals surface area contributed by atoms with Crippen molar-refractivity contribution in [2.45, 2.75) is 13.3 Å². The molecule has 0 atom stereocenters. The SMILES string of the molecule is Cc1cc(C(=O)N2CCc3ccc(Br)cc32)sn1. The minimum absolute atomic E-state index is 0.0532. The molecule has 0 unspecified atom stereocenters. The lowest BCUT2D eigenvalue weighted by molar-refractivity contribution is 0.0993. The summed E-state index contributed by atoms with van der Waals surface area (Å²) in [6.45, 7) is 2.66. The predicted octanol–water partition coefficient (Wildman–Crippen LogP) is 3.42. The van der Waals surface area contributed by atoms with Crippen molar-refractivity contribution < 1.29 is 4.79 Å². The third kappa shape index (κ3) is 1.97. The van der Waals surface area contributed by atoms with Gasteiger partial charge in [-0.25, -0.2) is 0 Å². The number of rotatable bonds is 1. The first-order valence-corrected chi connectivity index (χ1v) is 7.25. The van der Waals surface area contributed by atoms with Gasteiger partial charge in [0.2, 0.25) is 0 Å². The Balaban J connectivity index is 1.96. The van der Waals surface area contributed by atoms with Crippen LogP contribution in [0.1, 0.15) is 20.9 Å². The molecule has 0 saturated carbocycles. The summed E-state index contributed by atoms with van der Waals surface area (Å²) in [4.78, 5) is 15.0. The van der Waals surface area contributed by atoms with E-state index in [4.69, 9.17) is 0 Å². The highest BCUT2D eigenvalue weighted by Crippen LogP contribution is 2.32. The van der Waals surface area contributed by atoms with Crippen LogP contribution in [-0.2, 0) is 6.42 Å². The van der Waals surface area contributed by atoms with Gasteiger partial charge < -0.3 is 4.90 Å². The van der Waals surface area contributed by atoms with Gasteiger partial charge in [-0.15, -0.1) is 0 Å². The van der Waals surface area contributed by atoms with Crippen molar-refractivity contribution in [1.82, 2.24) is 4.37 Å². The summed E-state index contributed by atoms with van der Waals surface area (Å²) < 4.78 is 5.17. The number of halogens is 1. The number of aryl methyl sites for hydroxylation is 1. The van der Waals surface area contributed by atoms with E-state index in [2.05, 4.69) is 26.4 Å². The molecule has 1 aliphatic rings. The van der Waals surface area contributed by atoms with Crippen molar-refractivity contribution in [2.24, 2.45) is 0 Å². The minimum Gasteiger partial charge on any atom is -0.307 e. The van der Waals surface area contributed by atoms with E-state index in [0.717, 1.165) is 28.8 Å². The van der Waals surface area contributed by atoms with Gasteiger partial charge in [0.05, 0.1) is 5.69 Å². The fraction of sp³-hybridized carbons (Fsp3) is 0.231. The van der Waals surface area contributed by atoms with Gasteiger partial charge in [0.1, 0.15) is 4.88 Å². The van der Waals surface area contributed by atoms with Crippen LogP contribution >= 0.6 is 27.5 Å². The molecule has 1 aromatic heterocycles. The minimum atomic E-state index is 0.0532. The molecule has 0 saturated heterocycles. The Kier molecular flexibility index (Phi) is 2.95. The van der Waals surface area contributed by atoms with E-state index < -0.39 is 0 Å². The Morgan fingerprint density at radius 1 is 1.44 bits per heavy atom. The summed E-state index contributed by atoms with van der Waals surface area (Å²) in [7, 11) is 0. The first-order valence-electron chi connectivity index (χ1n) is 5.69. The molecule has 1 aliphatic heterocycles. The second-order valence-electron chi connectivity index (χ2n) is 4.31. The smallest absolute Gasteiger partial charge is 0.269 e.